The van der Waals surface area contributed by atoms with E-state index in [2.05, 4.69) is 53.3 Å². The molecule has 0 radical (unpaired) electrons. The van der Waals surface area contributed by atoms with Crippen molar-refractivity contribution >= 4 is 21.6 Å². The lowest BCUT2D eigenvalue weighted by Crippen LogP contribution is -2.08. The van der Waals surface area contributed by atoms with Crippen molar-refractivity contribution in [3.63, 3.8) is 0 Å². The number of ether oxygens (including phenoxy) is 2. The Hall–Kier alpha value is -1.68. The summed E-state index contributed by atoms with van der Waals surface area (Å²) in [6.07, 6.45) is 0. The van der Waals surface area contributed by atoms with Crippen LogP contribution in [0.4, 0.5) is 5.69 Å². The second kappa shape index (κ2) is 6.85. The van der Waals surface area contributed by atoms with Gasteiger partial charge in [0.15, 0.2) is 0 Å². The van der Waals surface area contributed by atoms with E-state index in [0.717, 1.165) is 27.2 Å². The molecule has 0 heterocycles. The normalized spacial score (nSPS) is 11.9. The van der Waals surface area contributed by atoms with Crippen molar-refractivity contribution in [1.29, 1.82) is 0 Å². The molecule has 0 saturated heterocycles. The van der Waals surface area contributed by atoms with Gasteiger partial charge in [0, 0.05) is 21.8 Å². The molecule has 4 heteroatoms. The van der Waals surface area contributed by atoms with Crippen LogP contribution in [-0.2, 0) is 0 Å². The van der Waals surface area contributed by atoms with Gasteiger partial charge in [0.1, 0.15) is 11.5 Å². The largest absolute Gasteiger partial charge is 0.497 e. The summed E-state index contributed by atoms with van der Waals surface area (Å²) < 4.78 is 11.7. The van der Waals surface area contributed by atoms with Gasteiger partial charge < -0.3 is 14.8 Å². The summed E-state index contributed by atoms with van der Waals surface area (Å²) in [4.78, 5) is 0. The minimum Gasteiger partial charge on any atom is -0.497 e. The first-order chi connectivity index (χ1) is 10.0. The lowest BCUT2D eigenvalue weighted by molar-refractivity contribution is 0.407. The Bertz CT molecular complexity index is 628. The molecule has 0 spiro atoms. The Labute approximate surface area is 134 Å². The van der Waals surface area contributed by atoms with Gasteiger partial charge in [-0.3, -0.25) is 0 Å². The Morgan fingerprint density at radius 2 is 1.81 bits per heavy atom. The van der Waals surface area contributed by atoms with Gasteiger partial charge in [-0.05, 0) is 37.6 Å². The number of hydrogen-bond acceptors (Lipinski definition) is 3. The molecular weight excluding hydrogens is 330 g/mol. The Morgan fingerprint density at radius 3 is 2.48 bits per heavy atom. The Balaban J connectivity index is 2.25. The molecule has 2 rings (SSSR count). The molecule has 0 aliphatic rings. The van der Waals surface area contributed by atoms with Gasteiger partial charge in [0.25, 0.3) is 0 Å². The number of anilines is 1. The summed E-state index contributed by atoms with van der Waals surface area (Å²) in [6.45, 7) is 4.17. The van der Waals surface area contributed by atoms with Crippen LogP contribution in [0.25, 0.3) is 0 Å². The summed E-state index contributed by atoms with van der Waals surface area (Å²) in [5.41, 5.74) is 3.31. The molecule has 1 unspecified atom stereocenters. The van der Waals surface area contributed by atoms with Gasteiger partial charge in [0.2, 0.25) is 0 Å². The maximum absolute atomic E-state index is 5.48. The molecule has 112 valence electrons. The van der Waals surface area contributed by atoms with Gasteiger partial charge in [-0.2, -0.15) is 0 Å². The van der Waals surface area contributed by atoms with E-state index >= 15 is 0 Å². The van der Waals surface area contributed by atoms with Crippen LogP contribution in [-0.4, -0.2) is 14.2 Å². The van der Waals surface area contributed by atoms with Crippen molar-refractivity contribution in [3.05, 3.63) is 52.0 Å². The topological polar surface area (TPSA) is 30.5 Å². The van der Waals surface area contributed by atoms with E-state index in [1.165, 1.54) is 5.56 Å². The van der Waals surface area contributed by atoms with Crippen LogP contribution in [0.2, 0.25) is 0 Å². The third-order valence-corrected chi connectivity index (χ3v) is 3.80. The Morgan fingerprint density at radius 1 is 1.05 bits per heavy atom. The maximum atomic E-state index is 5.48. The van der Waals surface area contributed by atoms with Crippen LogP contribution in [0.5, 0.6) is 11.5 Å². The minimum atomic E-state index is 0.125. The smallest absolute Gasteiger partial charge is 0.124 e. The van der Waals surface area contributed by atoms with Gasteiger partial charge in [-0.25, -0.2) is 0 Å². The van der Waals surface area contributed by atoms with Crippen molar-refractivity contribution in [3.8, 4) is 11.5 Å². The van der Waals surface area contributed by atoms with E-state index in [4.69, 9.17) is 9.47 Å². The lowest BCUT2D eigenvalue weighted by Gasteiger charge is -2.19. The second-order valence-corrected chi connectivity index (χ2v) is 5.91. The zero-order valence-electron chi connectivity index (χ0n) is 12.7. The van der Waals surface area contributed by atoms with Crippen molar-refractivity contribution in [1.82, 2.24) is 0 Å². The maximum Gasteiger partial charge on any atom is 0.124 e. The van der Waals surface area contributed by atoms with Crippen molar-refractivity contribution in [2.45, 2.75) is 19.9 Å². The van der Waals surface area contributed by atoms with Gasteiger partial charge in [-0.1, -0.05) is 28.1 Å². The monoisotopic (exact) mass is 349 g/mol. The van der Waals surface area contributed by atoms with Crippen molar-refractivity contribution in [2.75, 3.05) is 19.5 Å². The van der Waals surface area contributed by atoms with Crippen LogP contribution in [0.15, 0.2) is 40.9 Å². The third-order valence-electron chi connectivity index (χ3n) is 3.35. The lowest BCUT2D eigenvalue weighted by atomic mass is 10.0. The van der Waals surface area contributed by atoms with Gasteiger partial charge in [-0.15, -0.1) is 0 Å². The molecule has 0 amide bonds. The number of halogens is 1. The second-order valence-electron chi connectivity index (χ2n) is 4.99. The van der Waals surface area contributed by atoms with Crippen LogP contribution < -0.4 is 14.8 Å². The fraction of sp³-hybridized carbons (Fsp3) is 0.294. The number of methoxy groups -OCH3 is 2. The van der Waals surface area contributed by atoms with E-state index in [1.807, 2.05) is 18.2 Å². The Kier molecular flexibility index (Phi) is 5.12. The summed E-state index contributed by atoms with van der Waals surface area (Å²) in [7, 11) is 3.37. The highest BCUT2D eigenvalue weighted by atomic mass is 79.9. The number of hydrogen-bond donors (Lipinski definition) is 1. The first kappa shape index (κ1) is 15.7. The molecule has 0 aliphatic carbocycles. The third kappa shape index (κ3) is 3.91. The van der Waals surface area contributed by atoms with Crippen LogP contribution >= 0.6 is 15.9 Å². The van der Waals surface area contributed by atoms with E-state index in [0.29, 0.717) is 0 Å². The highest BCUT2D eigenvalue weighted by molar-refractivity contribution is 9.10. The molecule has 1 atom stereocenters. The average Bonchev–Trinajstić information content (AvgIpc) is 2.46. The van der Waals surface area contributed by atoms with Crippen LogP contribution in [0.1, 0.15) is 24.1 Å². The number of nitrogens with one attached hydrogen (secondary N) is 1. The molecule has 3 nitrogen and oxygen atoms in total. The van der Waals surface area contributed by atoms with E-state index in [-0.39, 0.29) is 6.04 Å². The number of benzene rings is 2. The first-order valence-corrected chi connectivity index (χ1v) is 7.58. The van der Waals surface area contributed by atoms with E-state index in [1.54, 1.807) is 14.2 Å². The average molecular weight is 350 g/mol. The number of aryl methyl sites for hydroxylation is 1. The summed E-state index contributed by atoms with van der Waals surface area (Å²) in [5.74, 6) is 1.71. The quantitative estimate of drug-likeness (QED) is 0.828. The predicted molar refractivity (Wildman–Crippen MR) is 90.5 cm³/mol. The molecule has 2 aromatic carbocycles. The molecule has 1 N–H and O–H groups in total. The fourth-order valence-corrected chi connectivity index (χ4v) is 2.74. The summed E-state index contributed by atoms with van der Waals surface area (Å²) in [5, 5.41) is 3.48. The highest BCUT2D eigenvalue weighted by Gasteiger charge is 2.12. The zero-order valence-corrected chi connectivity index (χ0v) is 14.3. The predicted octanol–water partition coefficient (Wildman–Crippen LogP) is 4.95. The molecule has 0 fully saturated rings. The molecule has 0 saturated carbocycles. The van der Waals surface area contributed by atoms with E-state index < -0.39 is 0 Å². The molecule has 21 heavy (non-hydrogen) atoms. The van der Waals surface area contributed by atoms with Crippen molar-refractivity contribution < 1.29 is 9.47 Å². The standard InChI is InChI=1S/C17H20BrNO2/c1-11-5-6-16(17(7-11)21-4)12(2)19-14-8-13(18)9-15(10-14)20-3/h5-10,12,19H,1-4H3. The van der Waals surface area contributed by atoms with E-state index in [9.17, 15) is 0 Å². The zero-order chi connectivity index (χ0) is 15.4. The summed E-state index contributed by atoms with van der Waals surface area (Å²) in [6, 6.07) is 12.3. The molecule has 2 aromatic rings. The van der Waals surface area contributed by atoms with Crippen LogP contribution in [0.3, 0.4) is 0 Å². The SMILES string of the molecule is COc1cc(Br)cc(NC(C)c2ccc(C)cc2OC)c1. The molecule has 0 aromatic heterocycles. The first-order valence-electron chi connectivity index (χ1n) is 6.79. The highest BCUT2D eigenvalue weighted by Crippen LogP contribution is 2.31. The molecular formula is C17H20BrNO2. The van der Waals surface area contributed by atoms with Crippen molar-refractivity contribution in [2.24, 2.45) is 0 Å². The molecule has 0 bridgehead atoms. The van der Waals surface area contributed by atoms with Gasteiger partial charge >= 0.3 is 0 Å². The van der Waals surface area contributed by atoms with Crippen LogP contribution in [0, 0.1) is 6.92 Å². The molecule has 0 aliphatic heterocycles. The summed E-state index contributed by atoms with van der Waals surface area (Å²) >= 11 is 3.49. The van der Waals surface area contributed by atoms with Gasteiger partial charge in [0.05, 0.1) is 20.3 Å². The number of rotatable bonds is 5. The minimum absolute atomic E-state index is 0.125. The fourth-order valence-electron chi connectivity index (χ4n) is 2.27.